The number of esters is 1. The number of hydrogen-bond acceptors (Lipinski definition) is 3. The Balaban J connectivity index is 1.98. The van der Waals surface area contributed by atoms with E-state index in [0.29, 0.717) is 6.61 Å². The summed E-state index contributed by atoms with van der Waals surface area (Å²) in [6, 6.07) is 1.14. The minimum Gasteiger partial charge on any atom is -0.462 e. The highest BCUT2D eigenvalue weighted by Crippen LogP contribution is 2.10. The van der Waals surface area contributed by atoms with E-state index < -0.39 is 11.8 Å². The number of carbonyl (C=O) groups is 1. The molecule has 0 fully saturated rings. The van der Waals surface area contributed by atoms with Crippen molar-refractivity contribution in [2.45, 2.75) is 64.7 Å². The predicted molar refractivity (Wildman–Crippen MR) is 81.7 cm³/mol. The van der Waals surface area contributed by atoms with Crippen LogP contribution in [-0.4, -0.2) is 17.6 Å². The van der Waals surface area contributed by atoms with E-state index in [-0.39, 0.29) is 5.56 Å². The molecule has 1 aromatic rings. The summed E-state index contributed by atoms with van der Waals surface area (Å²) in [4.78, 5) is 15.2. The molecule has 0 aliphatic carbocycles. The topological polar surface area (TPSA) is 39.2 Å². The van der Waals surface area contributed by atoms with Crippen LogP contribution in [0.2, 0.25) is 0 Å². The lowest BCUT2D eigenvalue weighted by molar-refractivity contribution is 0.0496. The molecule has 1 rings (SSSR count). The fourth-order valence-electron chi connectivity index (χ4n) is 2.18. The molecule has 0 radical (unpaired) electrons. The zero-order valence-electron chi connectivity index (χ0n) is 12.9. The molecular formula is C17H26FNO2. The second kappa shape index (κ2) is 11.2. The zero-order valence-corrected chi connectivity index (χ0v) is 12.9. The average Bonchev–Trinajstić information content (AvgIpc) is 2.49. The van der Waals surface area contributed by atoms with Gasteiger partial charge in [-0.15, -0.1) is 0 Å². The van der Waals surface area contributed by atoms with Crippen molar-refractivity contribution in [3.63, 3.8) is 0 Å². The molecule has 118 valence electrons. The largest absolute Gasteiger partial charge is 0.462 e. The number of unbranched alkanes of at least 4 members (excludes halogenated alkanes) is 8. The highest BCUT2D eigenvalue weighted by molar-refractivity contribution is 5.88. The number of halogens is 1. The SMILES string of the molecule is CCCCCCCCCCCOC(=O)c1cncc(F)c1. The number of pyridine rings is 1. The van der Waals surface area contributed by atoms with E-state index in [4.69, 9.17) is 4.74 Å². The summed E-state index contributed by atoms with van der Waals surface area (Å²) in [7, 11) is 0. The van der Waals surface area contributed by atoms with Crippen molar-refractivity contribution in [2.75, 3.05) is 6.61 Å². The summed E-state index contributed by atoms with van der Waals surface area (Å²) in [5.74, 6) is -1.02. The summed E-state index contributed by atoms with van der Waals surface area (Å²) >= 11 is 0. The van der Waals surface area contributed by atoms with Crippen molar-refractivity contribution in [3.05, 3.63) is 29.8 Å². The van der Waals surface area contributed by atoms with Crippen LogP contribution >= 0.6 is 0 Å². The Hall–Kier alpha value is -1.45. The van der Waals surface area contributed by atoms with Crippen LogP contribution in [0.1, 0.15) is 75.1 Å². The van der Waals surface area contributed by atoms with Crippen LogP contribution in [0.5, 0.6) is 0 Å². The van der Waals surface area contributed by atoms with Gasteiger partial charge in [0.25, 0.3) is 0 Å². The van der Waals surface area contributed by atoms with E-state index in [1.165, 1.54) is 51.1 Å². The third kappa shape index (κ3) is 8.43. The van der Waals surface area contributed by atoms with Gasteiger partial charge in [0.2, 0.25) is 0 Å². The van der Waals surface area contributed by atoms with Crippen LogP contribution in [0.3, 0.4) is 0 Å². The van der Waals surface area contributed by atoms with Crippen molar-refractivity contribution in [3.8, 4) is 0 Å². The Bertz CT molecular complexity index is 410. The first kappa shape index (κ1) is 17.6. The molecule has 3 nitrogen and oxygen atoms in total. The number of aromatic nitrogens is 1. The number of carbonyl (C=O) groups excluding carboxylic acids is 1. The summed E-state index contributed by atoms with van der Waals surface area (Å²) in [6.45, 7) is 2.62. The molecule has 0 amide bonds. The molecule has 0 unspecified atom stereocenters. The lowest BCUT2D eigenvalue weighted by Gasteiger charge is -2.05. The Morgan fingerprint density at radius 3 is 2.29 bits per heavy atom. The van der Waals surface area contributed by atoms with Crippen molar-refractivity contribution in [1.29, 1.82) is 0 Å². The summed E-state index contributed by atoms with van der Waals surface area (Å²) in [6.07, 6.45) is 13.4. The molecule has 0 aliphatic rings. The number of nitrogens with zero attached hydrogens (tertiary/aromatic N) is 1. The van der Waals surface area contributed by atoms with Gasteiger partial charge in [0.05, 0.1) is 18.4 Å². The molecule has 0 aliphatic heterocycles. The van der Waals surface area contributed by atoms with Crippen LogP contribution in [0.15, 0.2) is 18.5 Å². The highest BCUT2D eigenvalue weighted by Gasteiger charge is 2.08. The van der Waals surface area contributed by atoms with Gasteiger partial charge < -0.3 is 4.74 Å². The lowest BCUT2D eigenvalue weighted by Crippen LogP contribution is -2.07. The van der Waals surface area contributed by atoms with E-state index >= 15 is 0 Å². The molecule has 1 heterocycles. The van der Waals surface area contributed by atoms with Gasteiger partial charge in [-0.1, -0.05) is 58.3 Å². The van der Waals surface area contributed by atoms with Gasteiger partial charge in [-0.2, -0.15) is 0 Å². The lowest BCUT2D eigenvalue weighted by atomic mass is 10.1. The maximum absolute atomic E-state index is 12.9. The summed E-state index contributed by atoms with van der Waals surface area (Å²) in [5.41, 5.74) is 0.172. The number of rotatable bonds is 11. The van der Waals surface area contributed by atoms with Gasteiger partial charge in [0.1, 0.15) is 5.82 Å². The molecule has 1 aromatic heterocycles. The van der Waals surface area contributed by atoms with E-state index in [2.05, 4.69) is 11.9 Å². The van der Waals surface area contributed by atoms with Crippen molar-refractivity contribution >= 4 is 5.97 Å². The minimum atomic E-state index is -0.521. The third-order valence-corrected chi connectivity index (χ3v) is 3.42. The first-order chi connectivity index (χ1) is 10.2. The highest BCUT2D eigenvalue weighted by atomic mass is 19.1. The molecule has 0 atom stereocenters. The smallest absolute Gasteiger partial charge is 0.339 e. The van der Waals surface area contributed by atoms with Gasteiger partial charge in [0.15, 0.2) is 0 Å². The fourth-order valence-corrected chi connectivity index (χ4v) is 2.18. The summed E-state index contributed by atoms with van der Waals surface area (Å²) < 4.78 is 18.0. The van der Waals surface area contributed by atoms with Crippen molar-refractivity contribution in [2.24, 2.45) is 0 Å². The molecule has 0 bridgehead atoms. The van der Waals surface area contributed by atoms with E-state index in [1.54, 1.807) is 0 Å². The van der Waals surface area contributed by atoms with Gasteiger partial charge in [-0.3, -0.25) is 4.98 Å². The van der Waals surface area contributed by atoms with E-state index in [1.807, 2.05) is 0 Å². The van der Waals surface area contributed by atoms with Gasteiger partial charge in [0, 0.05) is 6.20 Å². The van der Waals surface area contributed by atoms with Gasteiger partial charge >= 0.3 is 5.97 Å². The maximum Gasteiger partial charge on any atom is 0.339 e. The maximum atomic E-state index is 12.9. The van der Waals surface area contributed by atoms with Crippen LogP contribution in [0, 0.1) is 5.82 Å². The molecule has 0 saturated heterocycles. The number of ether oxygens (including phenoxy) is 1. The Kier molecular flexibility index (Phi) is 9.42. The molecule has 0 N–H and O–H groups in total. The second-order valence-corrected chi connectivity index (χ2v) is 5.36. The summed E-state index contributed by atoms with van der Waals surface area (Å²) in [5, 5.41) is 0. The quantitative estimate of drug-likeness (QED) is 0.430. The van der Waals surface area contributed by atoms with Crippen LogP contribution < -0.4 is 0 Å². The normalized spacial score (nSPS) is 10.6. The molecule has 21 heavy (non-hydrogen) atoms. The van der Waals surface area contributed by atoms with E-state index in [0.717, 1.165) is 25.1 Å². The molecule has 0 spiro atoms. The second-order valence-electron chi connectivity index (χ2n) is 5.36. The molecule has 0 aromatic carbocycles. The average molecular weight is 295 g/mol. The standard InChI is InChI=1S/C17H26FNO2/c1-2-3-4-5-6-7-8-9-10-11-21-17(20)15-12-16(18)14-19-13-15/h12-14H,2-11H2,1H3. The first-order valence-electron chi connectivity index (χ1n) is 8.01. The predicted octanol–water partition coefficient (Wildman–Crippen LogP) is 4.91. The molecule has 0 saturated carbocycles. The number of hydrogen-bond donors (Lipinski definition) is 0. The van der Waals surface area contributed by atoms with Crippen LogP contribution in [0.25, 0.3) is 0 Å². The third-order valence-electron chi connectivity index (χ3n) is 3.42. The van der Waals surface area contributed by atoms with Crippen molar-refractivity contribution < 1.29 is 13.9 Å². The van der Waals surface area contributed by atoms with Crippen LogP contribution in [-0.2, 0) is 4.74 Å². The van der Waals surface area contributed by atoms with Gasteiger partial charge in [-0.25, -0.2) is 9.18 Å². The Morgan fingerprint density at radius 1 is 1.05 bits per heavy atom. The fraction of sp³-hybridized carbons (Fsp3) is 0.647. The van der Waals surface area contributed by atoms with E-state index in [9.17, 15) is 9.18 Å². The van der Waals surface area contributed by atoms with Crippen LogP contribution in [0.4, 0.5) is 4.39 Å². The monoisotopic (exact) mass is 295 g/mol. The molecule has 4 heteroatoms. The zero-order chi connectivity index (χ0) is 15.3. The minimum absolute atomic E-state index is 0.172. The first-order valence-corrected chi connectivity index (χ1v) is 8.01. The molecular weight excluding hydrogens is 269 g/mol. The Morgan fingerprint density at radius 2 is 1.67 bits per heavy atom. The Labute approximate surface area is 126 Å². The van der Waals surface area contributed by atoms with Crippen molar-refractivity contribution in [1.82, 2.24) is 4.98 Å². The van der Waals surface area contributed by atoms with Gasteiger partial charge in [-0.05, 0) is 12.5 Å².